The summed E-state index contributed by atoms with van der Waals surface area (Å²) < 4.78 is 5.57. The summed E-state index contributed by atoms with van der Waals surface area (Å²) in [5, 5.41) is 3.16. The van der Waals surface area contributed by atoms with Crippen LogP contribution in [0.25, 0.3) is 0 Å². The highest BCUT2D eigenvalue weighted by Gasteiger charge is 2.46. The van der Waals surface area contributed by atoms with Gasteiger partial charge in [-0.1, -0.05) is 25.1 Å². The number of carbonyl (C=O) groups excluding carboxylic acids is 2. The monoisotopic (exact) mass is 385 g/mol. The Kier molecular flexibility index (Phi) is 5.69. The fourth-order valence-corrected chi connectivity index (χ4v) is 5.07. The van der Waals surface area contributed by atoms with Gasteiger partial charge < -0.3 is 15.0 Å². The molecule has 1 aromatic carbocycles. The average molecular weight is 386 g/mol. The Hall–Kier alpha value is -1.92. The summed E-state index contributed by atoms with van der Waals surface area (Å²) >= 11 is 0. The third-order valence-corrected chi connectivity index (χ3v) is 6.75. The van der Waals surface area contributed by atoms with Crippen molar-refractivity contribution in [1.29, 1.82) is 0 Å². The summed E-state index contributed by atoms with van der Waals surface area (Å²) in [7, 11) is 0. The van der Waals surface area contributed by atoms with Gasteiger partial charge in [-0.15, -0.1) is 0 Å². The van der Waals surface area contributed by atoms with Crippen LogP contribution in [0, 0.1) is 0 Å². The van der Waals surface area contributed by atoms with E-state index in [1.54, 1.807) is 0 Å². The number of hydrogen-bond donors (Lipinski definition) is 1. The summed E-state index contributed by atoms with van der Waals surface area (Å²) in [6.07, 6.45) is 4.13. The fraction of sp³-hybridized carbons (Fsp3) is 0.636. The first-order valence-electron chi connectivity index (χ1n) is 10.6. The topological polar surface area (TPSA) is 61.9 Å². The zero-order valence-electron chi connectivity index (χ0n) is 16.8. The van der Waals surface area contributed by atoms with Gasteiger partial charge in [0.1, 0.15) is 0 Å². The fourth-order valence-electron chi connectivity index (χ4n) is 5.07. The molecule has 1 unspecified atom stereocenters. The van der Waals surface area contributed by atoms with Crippen LogP contribution in [0.2, 0.25) is 0 Å². The predicted molar refractivity (Wildman–Crippen MR) is 107 cm³/mol. The number of fused-ring (bicyclic) bond motifs is 1. The molecule has 0 radical (unpaired) electrons. The quantitative estimate of drug-likeness (QED) is 0.815. The van der Waals surface area contributed by atoms with E-state index in [9.17, 15) is 9.59 Å². The third kappa shape index (κ3) is 3.67. The first-order valence-corrected chi connectivity index (χ1v) is 10.6. The molecule has 152 valence electrons. The molecule has 2 fully saturated rings. The van der Waals surface area contributed by atoms with Crippen LogP contribution in [0.4, 0.5) is 0 Å². The van der Waals surface area contributed by atoms with E-state index >= 15 is 0 Å². The van der Waals surface area contributed by atoms with Gasteiger partial charge in [-0.25, -0.2) is 0 Å². The number of likely N-dealkylation sites (tertiary alicyclic amines) is 1. The normalized spacial score (nSPS) is 24.4. The van der Waals surface area contributed by atoms with Crippen molar-refractivity contribution in [3.05, 3.63) is 35.4 Å². The van der Waals surface area contributed by atoms with Gasteiger partial charge in [-0.05, 0) is 50.4 Å². The molecule has 0 aromatic heterocycles. The third-order valence-electron chi connectivity index (χ3n) is 6.75. The highest BCUT2D eigenvalue weighted by atomic mass is 16.5. The number of likely N-dealkylation sites (N-methyl/N-ethyl adjacent to an activating group) is 1. The summed E-state index contributed by atoms with van der Waals surface area (Å²) in [6.45, 7) is 6.82. The predicted octanol–water partition coefficient (Wildman–Crippen LogP) is 2.18. The van der Waals surface area contributed by atoms with Crippen molar-refractivity contribution in [1.82, 2.24) is 15.1 Å². The van der Waals surface area contributed by atoms with Crippen LogP contribution in [-0.2, 0) is 16.1 Å². The molecule has 6 heteroatoms. The maximum atomic E-state index is 13.1. The Morgan fingerprint density at radius 3 is 2.82 bits per heavy atom. The summed E-state index contributed by atoms with van der Waals surface area (Å²) in [4.78, 5) is 30.3. The minimum absolute atomic E-state index is 0.0496. The van der Waals surface area contributed by atoms with E-state index in [0.717, 1.165) is 30.6 Å². The molecule has 0 aliphatic carbocycles. The van der Waals surface area contributed by atoms with Crippen LogP contribution < -0.4 is 5.32 Å². The molecule has 4 rings (SSSR count). The molecule has 3 aliphatic rings. The first-order chi connectivity index (χ1) is 13.6. The maximum Gasteiger partial charge on any atom is 0.254 e. The molecule has 3 heterocycles. The van der Waals surface area contributed by atoms with Crippen LogP contribution in [0.15, 0.2) is 24.3 Å². The summed E-state index contributed by atoms with van der Waals surface area (Å²) in [5.41, 5.74) is 1.39. The Bertz CT molecular complexity index is 729. The molecule has 28 heavy (non-hydrogen) atoms. The summed E-state index contributed by atoms with van der Waals surface area (Å²) in [6, 6.07) is 8.23. The van der Waals surface area contributed by atoms with Gasteiger partial charge in [-0.2, -0.15) is 0 Å². The molecule has 1 atom stereocenters. The van der Waals surface area contributed by atoms with Crippen LogP contribution in [0.1, 0.15) is 54.9 Å². The molecular weight excluding hydrogens is 354 g/mol. The van der Waals surface area contributed by atoms with E-state index in [4.69, 9.17) is 4.74 Å². The molecule has 1 aromatic rings. The van der Waals surface area contributed by atoms with Gasteiger partial charge in [0.2, 0.25) is 5.91 Å². The second kappa shape index (κ2) is 8.21. The van der Waals surface area contributed by atoms with Gasteiger partial charge in [0.15, 0.2) is 0 Å². The smallest absolute Gasteiger partial charge is 0.254 e. The highest BCUT2D eigenvalue weighted by Crippen LogP contribution is 2.38. The van der Waals surface area contributed by atoms with Crippen molar-refractivity contribution in [2.75, 3.05) is 32.8 Å². The number of nitrogens with one attached hydrogen (secondary N) is 1. The first kappa shape index (κ1) is 19.4. The Balaban J connectivity index is 1.44. The molecule has 2 amide bonds. The van der Waals surface area contributed by atoms with Crippen molar-refractivity contribution in [3.8, 4) is 0 Å². The molecule has 3 aliphatic heterocycles. The number of amides is 2. The van der Waals surface area contributed by atoms with E-state index < -0.39 is 5.54 Å². The number of benzene rings is 1. The van der Waals surface area contributed by atoms with Crippen molar-refractivity contribution in [2.45, 2.75) is 57.2 Å². The van der Waals surface area contributed by atoms with Crippen molar-refractivity contribution < 1.29 is 14.3 Å². The average Bonchev–Trinajstić information content (AvgIpc) is 3.32. The van der Waals surface area contributed by atoms with Gasteiger partial charge in [0.25, 0.3) is 5.91 Å². The molecule has 6 nitrogen and oxygen atoms in total. The largest absolute Gasteiger partial charge is 0.381 e. The zero-order chi connectivity index (χ0) is 19.6. The molecule has 0 spiro atoms. The second-order valence-electron chi connectivity index (χ2n) is 8.29. The molecule has 1 N–H and O–H groups in total. The Labute approximate surface area is 167 Å². The zero-order valence-corrected chi connectivity index (χ0v) is 16.8. The van der Waals surface area contributed by atoms with E-state index in [0.29, 0.717) is 51.6 Å². The van der Waals surface area contributed by atoms with Crippen LogP contribution in [0.3, 0.4) is 0 Å². The summed E-state index contributed by atoms with van der Waals surface area (Å²) in [5.74, 6) is 0.104. The van der Waals surface area contributed by atoms with Crippen LogP contribution in [0.5, 0.6) is 0 Å². The van der Waals surface area contributed by atoms with E-state index in [-0.39, 0.29) is 11.8 Å². The molecule has 2 saturated heterocycles. The number of rotatable bonds is 6. The molecule has 0 bridgehead atoms. The van der Waals surface area contributed by atoms with Crippen molar-refractivity contribution in [3.63, 3.8) is 0 Å². The highest BCUT2D eigenvalue weighted by molar-refractivity contribution is 5.99. The number of nitrogens with zero attached hydrogens (tertiary/aromatic N) is 2. The SMILES string of the molecule is CCN1CCCC1CNC(=O)CC1(N2Cc3ccccc3C2=O)CCOCC1. The van der Waals surface area contributed by atoms with Crippen LogP contribution >= 0.6 is 0 Å². The molecular formula is C22H31N3O3. The molecule has 0 saturated carbocycles. The lowest BCUT2D eigenvalue weighted by Crippen LogP contribution is -2.55. The van der Waals surface area contributed by atoms with Crippen molar-refractivity contribution >= 4 is 11.8 Å². The second-order valence-corrected chi connectivity index (χ2v) is 8.29. The standard InChI is InChI=1S/C22H31N3O3/c1-2-24-11-5-7-18(24)15-23-20(26)14-22(9-12-28-13-10-22)25-16-17-6-3-4-8-19(17)21(25)27/h3-4,6,8,18H,2,5,7,9-16H2,1H3,(H,23,26). The lowest BCUT2D eigenvalue weighted by molar-refractivity contribution is -0.126. The van der Waals surface area contributed by atoms with Gasteiger partial charge in [0, 0.05) is 37.9 Å². The van der Waals surface area contributed by atoms with E-state index in [1.165, 1.54) is 6.42 Å². The van der Waals surface area contributed by atoms with Crippen molar-refractivity contribution in [2.24, 2.45) is 0 Å². The Morgan fingerprint density at radius 1 is 1.29 bits per heavy atom. The number of hydrogen-bond acceptors (Lipinski definition) is 4. The minimum atomic E-state index is -0.446. The minimum Gasteiger partial charge on any atom is -0.381 e. The van der Waals surface area contributed by atoms with Gasteiger partial charge in [0.05, 0.1) is 12.0 Å². The maximum absolute atomic E-state index is 13.1. The number of ether oxygens (including phenoxy) is 1. The lowest BCUT2D eigenvalue weighted by Gasteiger charge is -2.44. The van der Waals surface area contributed by atoms with Gasteiger partial charge >= 0.3 is 0 Å². The number of carbonyl (C=O) groups is 2. The van der Waals surface area contributed by atoms with E-state index in [2.05, 4.69) is 17.1 Å². The van der Waals surface area contributed by atoms with Gasteiger partial charge in [-0.3, -0.25) is 14.5 Å². The Morgan fingerprint density at radius 2 is 2.07 bits per heavy atom. The lowest BCUT2D eigenvalue weighted by atomic mass is 9.84. The van der Waals surface area contributed by atoms with E-state index in [1.807, 2.05) is 29.2 Å². The van der Waals surface area contributed by atoms with Crippen LogP contribution in [-0.4, -0.2) is 66.0 Å².